The van der Waals surface area contributed by atoms with Gasteiger partial charge < -0.3 is 14.7 Å². The molecule has 20 heavy (non-hydrogen) atoms. The van der Waals surface area contributed by atoms with Gasteiger partial charge in [-0.25, -0.2) is 0 Å². The van der Waals surface area contributed by atoms with Crippen molar-refractivity contribution in [3.8, 4) is 0 Å². The molecule has 112 valence electrons. The van der Waals surface area contributed by atoms with Gasteiger partial charge in [-0.2, -0.15) is 0 Å². The van der Waals surface area contributed by atoms with Gasteiger partial charge in [-0.1, -0.05) is 13.8 Å². The quantitative estimate of drug-likeness (QED) is 0.584. The van der Waals surface area contributed by atoms with Gasteiger partial charge >= 0.3 is 0 Å². The molecule has 0 aliphatic heterocycles. The van der Waals surface area contributed by atoms with E-state index >= 15 is 0 Å². The number of methoxy groups -OCH3 is 1. The number of anilines is 1. The van der Waals surface area contributed by atoms with E-state index in [9.17, 15) is 15.2 Å². The Morgan fingerprint density at radius 2 is 2.15 bits per heavy atom. The minimum Gasteiger partial charge on any atom is -0.391 e. The molecule has 0 aliphatic rings. The van der Waals surface area contributed by atoms with E-state index in [2.05, 4.69) is 18.7 Å². The maximum absolute atomic E-state index is 10.9. The molecule has 1 N–H and O–H groups in total. The van der Waals surface area contributed by atoms with Crippen LogP contribution in [-0.4, -0.2) is 36.8 Å². The van der Waals surface area contributed by atoms with Crippen molar-refractivity contribution in [2.75, 3.05) is 31.7 Å². The summed E-state index contributed by atoms with van der Waals surface area (Å²) in [5.74, 6) is 0.458. The summed E-state index contributed by atoms with van der Waals surface area (Å²) in [6.45, 7) is 5.99. The van der Waals surface area contributed by atoms with Crippen LogP contribution >= 0.6 is 0 Å². The summed E-state index contributed by atoms with van der Waals surface area (Å²) < 4.78 is 5.09. The van der Waals surface area contributed by atoms with Crippen molar-refractivity contribution >= 4 is 11.4 Å². The topological polar surface area (TPSA) is 75.8 Å². The number of nitrogens with zero attached hydrogens (tertiary/aromatic N) is 2. The average Bonchev–Trinajstić information content (AvgIpc) is 2.42. The number of nitro groups is 1. The van der Waals surface area contributed by atoms with Crippen molar-refractivity contribution in [3.63, 3.8) is 0 Å². The van der Waals surface area contributed by atoms with Crippen LogP contribution in [0.1, 0.15) is 19.4 Å². The third-order valence-corrected chi connectivity index (χ3v) is 2.95. The second kappa shape index (κ2) is 7.81. The van der Waals surface area contributed by atoms with Gasteiger partial charge in [0.05, 0.1) is 23.7 Å². The summed E-state index contributed by atoms with van der Waals surface area (Å²) >= 11 is 0. The smallest absolute Gasteiger partial charge is 0.275 e. The Morgan fingerprint density at radius 1 is 1.45 bits per heavy atom. The lowest BCUT2D eigenvalue weighted by Gasteiger charge is -2.26. The van der Waals surface area contributed by atoms with Gasteiger partial charge in [-0.3, -0.25) is 10.1 Å². The largest absolute Gasteiger partial charge is 0.391 e. The molecule has 1 aromatic carbocycles. The summed E-state index contributed by atoms with van der Waals surface area (Å²) in [5, 5.41) is 20.2. The van der Waals surface area contributed by atoms with Crippen molar-refractivity contribution in [2.24, 2.45) is 5.92 Å². The molecular weight excluding hydrogens is 260 g/mol. The number of nitro benzene ring substituents is 1. The van der Waals surface area contributed by atoms with Crippen LogP contribution in [0.3, 0.4) is 0 Å². The maximum Gasteiger partial charge on any atom is 0.275 e. The number of hydrogen-bond acceptors (Lipinski definition) is 5. The van der Waals surface area contributed by atoms with Crippen molar-refractivity contribution in [1.29, 1.82) is 0 Å². The molecule has 0 saturated heterocycles. The minimum absolute atomic E-state index is 0.0486. The lowest BCUT2D eigenvalue weighted by Crippen LogP contribution is -2.31. The summed E-state index contributed by atoms with van der Waals surface area (Å²) in [6.07, 6.45) is 0. The van der Waals surface area contributed by atoms with E-state index in [0.717, 1.165) is 12.2 Å². The van der Waals surface area contributed by atoms with Gasteiger partial charge in [0.2, 0.25) is 0 Å². The summed E-state index contributed by atoms with van der Waals surface area (Å²) in [5.41, 5.74) is 1.15. The first-order valence-electron chi connectivity index (χ1n) is 6.61. The number of rotatable bonds is 8. The third kappa shape index (κ3) is 4.47. The molecule has 1 rings (SSSR count). The Morgan fingerprint density at radius 3 is 2.65 bits per heavy atom. The molecule has 0 spiro atoms. The monoisotopic (exact) mass is 282 g/mol. The van der Waals surface area contributed by atoms with Gasteiger partial charge in [0, 0.05) is 32.0 Å². The average molecular weight is 282 g/mol. The molecule has 0 fully saturated rings. The van der Waals surface area contributed by atoms with Gasteiger partial charge in [-0.15, -0.1) is 0 Å². The number of aliphatic hydroxyl groups is 1. The summed E-state index contributed by atoms with van der Waals surface area (Å²) in [7, 11) is 1.64. The highest BCUT2D eigenvalue weighted by atomic mass is 16.6. The first-order valence-corrected chi connectivity index (χ1v) is 6.61. The van der Waals surface area contributed by atoms with Gasteiger partial charge in [0.25, 0.3) is 5.69 Å². The normalized spacial score (nSPS) is 10.8. The standard InChI is InChI=1S/C14H22N2O4/c1-11(2)9-15(6-7-20-3)13-4-5-14(16(18)19)12(8-13)10-17/h4-5,8,11,17H,6-7,9-10H2,1-3H3. The Hall–Kier alpha value is -1.66. The third-order valence-electron chi connectivity index (χ3n) is 2.95. The Labute approximate surface area is 119 Å². The molecular formula is C14H22N2O4. The molecule has 0 saturated carbocycles. The molecule has 0 unspecified atom stereocenters. The second-order valence-corrected chi connectivity index (χ2v) is 5.06. The van der Waals surface area contributed by atoms with E-state index in [1.165, 1.54) is 6.07 Å². The van der Waals surface area contributed by atoms with Crippen LogP contribution in [0.2, 0.25) is 0 Å². The SMILES string of the molecule is COCCN(CC(C)C)c1ccc([N+](=O)[O-])c(CO)c1. The number of ether oxygens (including phenoxy) is 1. The van der Waals surface area contributed by atoms with Gasteiger partial charge in [-0.05, 0) is 18.1 Å². The molecule has 6 heteroatoms. The second-order valence-electron chi connectivity index (χ2n) is 5.06. The van der Waals surface area contributed by atoms with E-state index in [-0.39, 0.29) is 12.3 Å². The Bertz CT molecular complexity index is 449. The first-order chi connectivity index (χ1) is 9.49. The minimum atomic E-state index is -0.475. The first kappa shape index (κ1) is 16.4. The van der Waals surface area contributed by atoms with Crippen molar-refractivity contribution in [1.82, 2.24) is 0 Å². The fourth-order valence-corrected chi connectivity index (χ4v) is 2.04. The van der Waals surface area contributed by atoms with Crippen molar-refractivity contribution in [3.05, 3.63) is 33.9 Å². The van der Waals surface area contributed by atoms with E-state index in [1.54, 1.807) is 19.2 Å². The van der Waals surface area contributed by atoms with Crippen LogP contribution in [0.25, 0.3) is 0 Å². The highest BCUT2D eigenvalue weighted by Gasteiger charge is 2.16. The predicted molar refractivity (Wildman–Crippen MR) is 77.9 cm³/mol. The molecule has 0 aliphatic carbocycles. The molecule has 0 bridgehead atoms. The molecule has 0 aromatic heterocycles. The van der Waals surface area contributed by atoms with Gasteiger partial charge in [0.1, 0.15) is 0 Å². The van der Waals surface area contributed by atoms with E-state index < -0.39 is 4.92 Å². The zero-order chi connectivity index (χ0) is 15.1. The fourth-order valence-electron chi connectivity index (χ4n) is 2.04. The van der Waals surface area contributed by atoms with Gasteiger partial charge in [0.15, 0.2) is 0 Å². The van der Waals surface area contributed by atoms with Crippen LogP contribution in [0, 0.1) is 16.0 Å². The zero-order valence-corrected chi connectivity index (χ0v) is 12.2. The fraction of sp³-hybridized carbons (Fsp3) is 0.571. The van der Waals surface area contributed by atoms with Crippen LogP contribution in [0.15, 0.2) is 18.2 Å². The predicted octanol–water partition coefficient (Wildman–Crippen LogP) is 2.20. The van der Waals surface area contributed by atoms with Crippen LogP contribution in [0.4, 0.5) is 11.4 Å². The number of aliphatic hydroxyl groups excluding tert-OH is 1. The zero-order valence-electron chi connectivity index (χ0n) is 12.2. The van der Waals surface area contributed by atoms with E-state index in [4.69, 9.17) is 4.74 Å². The highest BCUT2D eigenvalue weighted by Crippen LogP contribution is 2.25. The van der Waals surface area contributed by atoms with Crippen molar-refractivity contribution < 1.29 is 14.8 Å². The Kier molecular flexibility index (Phi) is 6.41. The van der Waals surface area contributed by atoms with Crippen molar-refractivity contribution in [2.45, 2.75) is 20.5 Å². The van der Waals surface area contributed by atoms with Crippen LogP contribution in [-0.2, 0) is 11.3 Å². The Balaban J connectivity index is 3.03. The highest BCUT2D eigenvalue weighted by molar-refractivity contribution is 5.55. The van der Waals surface area contributed by atoms with E-state index in [1.807, 2.05) is 0 Å². The molecule has 0 atom stereocenters. The summed E-state index contributed by atoms with van der Waals surface area (Å²) in [6, 6.07) is 4.84. The molecule has 6 nitrogen and oxygen atoms in total. The molecule has 0 heterocycles. The maximum atomic E-state index is 10.9. The molecule has 1 aromatic rings. The summed E-state index contributed by atoms with van der Waals surface area (Å²) in [4.78, 5) is 12.5. The van der Waals surface area contributed by atoms with Crippen LogP contribution < -0.4 is 4.90 Å². The lowest BCUT2D eigenvalue weighted by molar-refractivity contribution is -0.385. The molecule has 0 radical (unpaired) electrons. The lowest BCUT2D eigenvalue weighted by atomic mass is 10.1. The number of hydrogen-bond donors (Lipinski definition) is 1. The van der Waals surface area contributed by atoms with Crippen LogP contribution in [0.5, 0.6) is 0 Å². The number of benzene rings is 1. The van der Waals surface area contributed by atoms with E-state index in [0.29, 0.717) is 24.6 Å². The molecule has 0 amide bonds.